The molecule has 6 heteroatoms. The number of benzene rings is 3. The van der Waals surface area contributed by atoms with Gasteiger partial charge in [-0.25, -0.2) is 8.42 Å². The summed E-state index contributed by atoms with van der Waals surface area (Å²) in [7, 11) is -3.15. The van der Waals surface area contributed by atoms with Crippen LogP contribution >= 0.6 is 0 Å². The summed E-state index contributed by atoms with van der Waals surface area (Å²) in [5.41, 5.74) is 6.04. The first kappa shape index (κ1) is 28.6. The van der Waals surface area contributed by atoms with E-state index in [1.165, 1.54) is 28.5 Å². The van der Waals surface area contributed by atoms with E-state index in [0.29, 0.717) is 10.8 Å². The molecule has 0 unspecified atom stereocenters. The fourth-order valence-corrected chi connectivity index (χ4v) is 5.92. The van der Waals surface area contributed by atoms with Crippen molar-refractivity contribution in [3.05, 3.63) is 101 Å². The summed E-state index contributed by atoms with van der Waals surface area (Å²) < 4.78 is 23.4. The van der Waals surface area contributed by atoms with Crippen molar-refractivity contribution >= 4 is 15.8 Å². The molecule has 3 aromatic carbocycles. The van der Waals surface area contributed by atoms with Crippen LogP contribution in [0, 0.1) is 11.8 Å². The van der Waals surface area contributed by atoms with E-state index in [-0.39, 0.29) is 12.3 Å². The fourth-order valence-electron chi connectivity index (χ4n) is 5.29. The number of aryl methyl sites for hydroxylation is 2. The molecule has 0 bridgehead atoms. The van der Waals surface area contributed by atoms with Crippen LogP contribution in [-0.2, 0) is 34.0 Å². The molecule has 0 radical (unpaired) electrons. The second kappa shape index (κ2) is 13.1. The summed E-state index contributed by atoms with van der Waals surface area (Å²) >= 11 is 0. The Hall–Kier alpha value is -3.40. The quantitative estimate of drug-likeness (QED) is 0.326. The van der Waals surface area contributed by atoms with Gasteiger partial charge in [0.25, 0.3) is 0 Å². The van der Waals surface area contributed by atoms with Gasteiger partial charge in [0.2, 0.25) is 0 Å². The van der Waals surface area contributed by atoms with Gasteiger partial charge in [0.15, 0.2) is 9.84 Å². The standard InChI is InChI=1S/C33H37NO4S/c1-3-4-31(23-33(35)36)29-13-11-26(12-14-29)6-5-25-7-9-27(10-8-25)24-34-21-19-30(20-22-34)28-15-17-32(18-16-28)39(2,37)38/h7-18,30-31H,5-6,19-24H2,1-2H3,(H,35,36)/t31-/m0/s1. The lowest BCUT2D eigenvalue weighted by Gasteiger charge is -2.32. The summed E-state index contributed by atoms with van der Waals surface area (Å²) in [6, 6.07) is 24.5. The van der Waals surface area contributed by atoms with Crippen molar-refractivity contribution in [1.29, 1.82) is 0 Å². The first-order chi connectivity index (χ1) is 18.7. The Balaban J connectivity index is 1.24. The molecule has 1 aliphatic heterocycles. The maximum Gasteiger partial charge on any atom is 0.304 e. The van der Waals surface area contributed by atoms with Gasteiger partial charge >= 0.3 is 5.97 Å². The van der Waals surface area contributed by atoms with Crippen LogP contribution in [0.2, 0.25) is 0 Å². The summed E-state index contributed by atoms with van der Waals surface area (Å²) in [6.45, 7) is 4.75. The third-order valence-corrected chi connectivity index (χ3v) is 8.71. The van der Waals surface area contributed by atoms with Crippen LogP contribution in [0.15, 0.2) is 77.7 Å². The topological polar surface area (TPSA) is 74.7 Å². The molecule has 3 aromatic rings. The molecule has 0 amide bonds. The number of likely N-dealkylation sites (tertiary alicyclic amines) is 1. The number of nitrogens with zero attached hydrogens (tertiary/aromatic N) is 1. The number of hydrogen-bond donors (Lipinski definition) is 1. The van der Waals surface area contributed by atoms with Crippen molar-refractivity contribution in [2.45, 2.75) is 62.3 Å². The van der Waals surface area contributed by atoms with Gasteiger partial charge in [0.05, 0.1) is 17.2 Å². The van der Waals surface area contributed by atoms with Crippen molar-refractivity contribution in [1.82, 2.24) is 4.90 Å². The summed E-state index contributed by atoms with van der Waals surface area (Å²) in [4.78, 5) is 14.0. The van der Waals surface area contributed by atoms with Crippen molar-refractivity contribution < 1.29 is 18.3 Å². The van der Waals surface area contributed by atoms with Crippen LogP contribution in [0.5, 0.6) is 0 Å². The lowest BCUT2D eigenvalue weighted by molar-refractivity contribution is -0.137. The molecule has 204 valence electrons. The van der Waals surface area contributed by atoms with Crippen molar-refractivity contribution in [3.63, 3.8) is 0 Å². The molecule has 1 N–H and O–H groups in total. The Bertz CT molecular complexity index is 1410. The Morgan fingerprint density at radius 3 is 1.95 bits per heavy atom. The molecule has 1 heterocycles. The molecule has 1 saturated heterocycles. The molecule has 1 atom stereocenters. The van der Waals surface area contributed by atoms with Crippen LogP contribution < -0.4 is 0 Å². The van der Waals surface area contributed by atoms with Crippen molar-refractivity contribution in [2.24, 2.45) is 0 Å². The maximum atomic E-state index is 11.7. The molecule has 39 heavy (non-hydrogen) atoms. The van der Waals surface area contributed by atoms with Crippen LogP contribution in [0.3, 0.4) is 0 Å². The molecule has 5 nitrogen and oxygen atoms in total. The minimum absolute atomic E-state index is 0.0195. The number of sulfone groups is 1. The zero-order chi connectivity index (χ0) is 27.8. The van der Waals surface area contributed by atoms with Gasteiger partial charge in [0, 0.05) is 12.8 Å². The fraction of sp³-hybridized carbons (Fsp3) is 0.364. The average molecular weight is 544 g/mol. The highest BCUT2D eigenvalue weighted by atomic mass is 32.2. The first-order valence-electron chi connectivity index (χ1n) is 13.5. The molecule has 0 aromatic heterocycles. The van der Waals surface area contributed by atoms with Gasteiger partial charge in [0.1, 0.15) is 0 Å². The number of carboxylic acid groups (broad SMARTS) is 1. The van der Waals surface area contributed by atoms with Gasteiger partial charge in [-0.2, -0.15) is 0 Å². The van der Waals surface area contributed by atoms with Crippen LogP contribution in [0.25, 0.3) is 0 Å². The molecule has 1 aliphatic rings. The van der Waals surface area contributed by atoms with E-state index in [2.05, 4.69) is 53.1 Å². The van der Waals surface area contributed by atoms with Gasteiger partial charge in [-0.05, 0) is 91.6 Å². The van der Waals surface area contributed by atoms with Crippen LogP contribution in [-0.4, -0.2) is 43.7 Å². The van der Waals surface area contributed by atoms with E-state index >= 15 is 0 Å². The van der Waals surface area contributed by atoms with E-state index in [9.17, 15) is 13.2 Å². The second-order valence-corrected chi connectivity index (χ2v) is 12.5. The van der Waals surface area contributed by atoms with E-state index < -0.39 is 15.8 Å². The van der Waals surface area contributed by atoms with E-state index in [1.807, 2.05) is 24.3 Å². The van der Waals surface area contributed by atoms with Gasteiger partial charge in [-0.1, -0.05) is 66.6 Å². The predicted molar refractivity (Wildman–Crippen MR) is 156 cm³/mol. The summed E-state index contributed by atoms with van der Waals surface area (Å²) in [5, 5.41) is 9.14. The number of carbonyl (C=O) groups is 1. The highest BCUT2D eigenvalue weighted by Crippen LogP contribution is 2.29. The molecule has 0 aliphatic carbocycles. The normalized spacial score (nSPS) is 15.3. The second-order valence-electron chi connectivity index (χ2n) is 10.5. The minimum Gasteiger partial charge on any atom is -0.481 e. The van der Waals surface area contributed by atoms with Crippen LogP contribution in [0.1, 0.15) is 65.8 Å². The van der Waals surface area contributed by atoms with Crippen molar-refractivity contribution in [2.75, 3.05) is 19.3 Å². The Morgan fingerprint density at radius 2 is 1.44 bits per heavy atom. The maximum absolute atomic E-state index is 11.7. The Morgan fingerprint density at radius 1 is 0.897 bits per heavy atom. The number of rotatable bonds is 10. The smallest absolute Gasteiger partial charge is 0.304 e. The Kier molecular flexibility index (Phi) is 9.61. The highest BCUT2D eigenvalue weighted by molar-refractivity contribution is 7.90. The minimum atomic E-state index is -3.15. The molecule has 4 rings (SSSR count). The highest BCUT2D eigenvalue weighted by Gasteiger charge is 2.21. The van der Waals surface area contributed by atoms with Gasteiger partial charge in [-0.3, -0.25) is 9.69 Å². The third kappa shape index (κ3) is 8.29. The average Bonchev–Trinajstić information content (AvgIpc) is 2.93. The summed E-state index contributed by atoms with van der Waals surface area (Å²) in [5.74, 6) is 5.23. The zero-order valence-corrected chi connectivity index (χ0v) is 23.6. The number of carboxylic acids is 1. The number of hydrogen-bond acceptors (Lipinski definition) is 4. The molecule has 0 spiro atoms. The Labute approximate surface area is 232 Å². The third-order valence-electron chi connectivity index (χ3n) is 7.58. The molecule has 1 fully saturated rings. The lowest BCUT2D eigenvalue weighted by Crippen LogP contribution is -2.32. The number of aliphatic carboxylic acids is 1. The van der Waals surface area contributed by atoms with Crippen molar-refractivity contribution in [3.8, 4) is 11.8 Å². The first-order valence-corrected chi connectivity index (χ1v) is 15.4. The predicted octanol–water partition coefficient (Wildman–Crippen LogP) is 5.84. The van der Waals surface area contributed by atoms with Gasteiger partial charge < -0.3 is 5.11 Å². The largest absolute Gasteiger partial charge is 0.481 e. The van der Waals surface area contributed by atoms with E-state index in [4.69, 9.17) is 5.11 Å². The van der Waals surface area contributed by atoms with Gasteiger partial charge in [-0.15, -0.1) is 5.92 Å². The monoisotopic (exact) mass is 543 g/mol. The SMILES string of the molecule is CC#C[C@@H](CC(=O)O)c1ccc(CCc2ccc(CN3CCC(c4ccc(S(C)(=O)=O)cc4)CC3)cc2)cc1. The lowest BCUT2D eigenvalue weighted by atomic mass is 9.89. The molecule has 0 saturated carbocycles. The zero-order valence-electron chi connectivity index (χ0n) is 22.8. The molecular weight excluding hydrogens is 506 g/mol. The van der Waals surface area contributed by atoms with E-state index in [1.54, 1.807) is 19.1 Å². The van der Waals surface area contributed by atoms with E-state index in [0.717, 1.165) is 50.9 Å². The molecular formula is C33H37NO4S. The summed E-state index contributed by atoms with van der Waals surface area (Å²) in [6.07, 6.45) is 5.31. The number of piperidine rings is 1. The van der Waals surface area contributed by atoms with Crippen LogP contribution in [0.4, 0.5) is 0 Å².